The van der Waals surface area contributed by atoms with Crippen LogP contribution in [-0.4, -0.2) is 14.5 Å². The summed E-state index contributed by atoms with van der Waals surface area (Å²) in [5.74, 6) is 0.372. The average molecular weight is 339 g/mol. The maximum absolute atomic E-state index is 12.1. The van der Waals surface area contributed by atoms with Gasteiger partial charge in [-0.2, -0.15) is 0 Å². The fraction of sp³-hybridized carbons (Fsp3) is 0.167. The van der Waals surface area contributed by atoms with Crippen molar-refractivity contribution in [1.29, 1.82) is 0 Å². The van der Waals surface area contributed by atoms with Crippen LogP contribution in [0.25, 0.3) is 0 Å². The highest BCUT2D eigenvalue weighted by atomic mass is 79.9. The van der Waals surface area contributed by atoms with Crippen molar-refractivity contribution in [3.8, 4) is 0 Å². The van der Waals surface area contributed by atoms with E-state index in [4.69, 9.17) is 5.73 Å². The molecule has 8 heteroatoms. The van der Waals surface area contributed by atoms with Gasteiger partial charge in [0.25, 0.3) is 11.2 Å². The van der Waals surface area contributed by atoms with Crippen LogP contribution in [0.5, 0.6) is 0 Å². The number of anilines is 1. The number of hydrogen-bond donors (Lipinski definition) is 1. The number of aromatic nitrogens is 2. The zero-order valence-electron chi connectivity index (χ0n) is 10.5. The van der Waals surface area contributed by atoms with Gasteiger partial charge in [-0.25, -0.2) is 4.98 Å². The number of nitrogens with zero attached hydrogens (tertiary/aromatic N) is 3. The van der Waals surface area contributed by atoms with Gasteiger partial charge in [0.2, 0.25) is 0 Å². The molecule has 0 saturated heterocycles. The summed E-state index contributed by atoms with van der Waals surface area (Å²) in [7, 11) is 0. The summed E-state index contributed by atoms with van der Waals surface area (Å²) in [5, 5.41) is 11.0. The Morgan fingerprint density at radius 1 is 1.50 bits per heavy atom. The molecular formula is C12H11BrN4O3. The number of nitro groups is 1. The summed E-state index contributed by atoms with van der Waals surface area (Å²) in [6.07, 6.45) is 2.76. The standard InChI is InChI=1S/C12H11BrN4O3/c1-7-9(17(19)20)6-16(12(18)11(7)13)5-8-2-3-10(14)15-4-8/h2-4,6H,5H2,1H3,(H2,14,15). The van der Waals surface area contributed by atoms with E-state index in [1.165, 1.54) is 23.9 Å². The van der Waals surface area contributed by atoms with E-state index >= 15 is 0 Å². The molecule has 0 fully saturated rings. The molecule has 0 aliphatic carbocycles. The van der Waals surface area contributed by atoms with E-state index in [0.717, 1.165) is 5.56 Å². The summed E-state index contributed by atoms with van der Waals surface area (Å²) in [5.41, 5.74) is 6.08. The van der Waals surface area contributed by atoms with E-state index in [1.807, 2.05) is 0 Å². The third-order valence-electron chi connectivity index (χ3n) is 2.84. The smallest absolute Gasteiger partial charge is 0.289 e. The van der Waals surface area contributed by atoms with Crippen molar-refractivity contribution < 1.29 is 4.92 Å². The lowest BCUT2D eigenvalue weighted by Gasteiger charge is -2.08. The van der Waals surface area contributed by atoms with Gasteiger partial charge in [0.05, 0.1) is 22.1 Å². The second-order valence-electron chi connectivity index (χ2n) is 4.23. The van der Waals surface area contributed by atoms with Crippen LogP contribution in [0, 0.1) is 17.0 Å². The van der Waals surface area contributed by atoms with Gasteiger partial charge in [0.15, 0.2) is 0 Å². The van der Waals surface area contributed by atoms with Crippen molar-refractivity contribution in [2.24, 2.45) is 0 Å². The summed E-state index contributed by atoms with van der Waals surface area (Å²) in [4.78, 5) is 26.5. The molecule has 0 spiro atoms. The Bertz CT molecular complexity index is 725. The molecule has 0 aliphatic heterocycles. The van der Waals surface area contributed by atoms with Crippen molar-refractivity contribution in [1.82, 2.24) is 9.55 Å². The molecule has 20 heavy (non-hydrogen) atoms. The molecule has 0 unspecified atom stereocenters. The lowest BCUT2D eigenvalue weighted by Crippen LogP contribution is -2.22. The Kier molecular flexibility index (Phi) is 3.84. The van der Waals surface area contributed by atoms with Crippen LogP contribution in [0.2, 0.25) is 0 Å². The van der Waals surface area contributed by atoms with E-state index in [0.29, 0.717) is 11.4 Å². The summed E-state index contributed by atoms with van der Waals surface area (Å²) < 4.78 is 1.46. The first-order valence-corrected chi connectivity index (χ1v) is 6.43. The Morgan fingerprint density at radius 2 is 2.20 bits per heavy atom. The zero-order valence-corrected chi connectivity index (χ0v) is 12.1. The minimum atomic E-state index is -0.517. The first-order chi connectivity index (χ1) is 9.40. The number of halogens is 1. The molecule has 7 nitrogen and oxygen atoms in total. The molecule has 2 aromatic rings. The van der Waals surface area contributed by atoms with E-state index in [-0.39, 0.29) is 22.3 Å². The second-order valence-corrected chi connectivity index (χ2v) is 5.03. The van der Waals surface area contributed by atoms with Gasteiger partial charge in [-0.3, -0.25) is 14.9 Å². The molecule has 0 aromatic carbocycles. The minimum absolute atomic E-state index is 0.111. The number of nitrogens with two attached hydrogens (primary N) is 1. The van der Waals surface area contributed by atoms with E-state index in [9.17, 15) is 14.9 Å². The number of hydrogen-bond acceptors (Lipinski definition) is 5. The van der Waals surface area contributed by atoms with Crippen molar-refractivity contribution >= 4 is 27.4 Å². The number of pyridine rings is 2. The monoisotopic (exact) mass is 338 g/mol. The van der Waals surface area contributed by atoms with Crippen molar-refractivity contribution in [2.45, 2.75) is 13.5 Å². The fourth-order valence-corrected chi connectivity index (χ4v) is 2.16. The first kappa shape index (κ1) is 14.2. The van der Waals surface area contributed by atoms with Crippen molar-refractivity contribution in [2.75, 3.05) is 5.73 Å². The van der Waals surface area contributed by atoms with Crippen molar-refractivity contribution in [3.05, 3.63) is 60.6 Å². The predicted octanol–water partition coefficient (Wildman–Crippen LogP) is 1.85. The Morgan fingerprint density at radius 3 is 2.75 bits per heavy atom. The molecule has 104 valence electrons. The number of nitrogen functional groups attached to an aromatic ring is 1. The lowest BCUT2D eigenvalue weighted by atomic mass is 10.2. The summed E-state index contributed by atoms with van der Waals surface area (Å²) in [6.45, 7) is 1.71. The Balaban J connectivity index is 2.49. The quantitative estimate of drug-likeness (QED) is 0.679. The van der Waals surface area contributed by atoms with Crippen LogP contribution < -0.4 is 11.3 Å². The van der Waals surface area contributed by atoms with Crippen molar-refractivity contribution in [3.63, 3.8) is 0 Å². The van der Waals surface area contributed by atoms with Gasteiger partial charge in [-0.1, -0.05) is 6.07 Å². The summed E-state index contributed by atoms with van der Waals surface area (Å²) in [6, 6.07) is 3.33. The molecule has 0 aliphatic rings. The highest BCUT2D eigenvalue weighted by molar-refractivity contribution is 9.10. The highest BCUT2D eigenvalue weighted by Crippen LogP contribution is 2.22. The Hall–Kier alpha value is -2.22. The van der Waals surface area contributed by atoms with Crippen LogP contribution in [0.15, 0.2) is 33.8 Å². The molecule has 0 atom stereocenters. The third kappa shape index (κ3) is 2.69. The van der Waals surface area contributed by atoms with Crippen LogP contribution >= 0.6 is 15.9 Å². The molecule has 0 radical (unpaired) electrons. The normalized spacial score (nSPS) is 10.5. The molecule has 2 heterocycles. The van der Waals surface area contributed by atoms with Gasteiger partial charge in [0.1, 0.15) is 5.82 Å². The van der Waals surface area contributed by atoms with Crippen LogP contribution in [0.3, 0.4) is 0 Å². The Labute approximate surface area is 122 Å². The van der Waals surface area contributed by atoms with Gasteiger partial charge in [-0.05, 0) is 34.5 Å². The van der Waals surface area contributed by atoms with Crippen LogP contribution in [0.4, 0.5) is 11.5 Å². The van der Waals surface area contributed by atoms with E-state index in [1.54, 1.807) is 12.1 Å². The molecule has 0 bridgehead atoms. The maximum Gasteiger partial charge on any atom is 0.289 e. The summed E-state index contributed by atoms with van der Waals surface area (Å²) >= 11 is 3.10. The maximum atomic E-state index is 12.1. The second kappa shape index (κ2) is 5.41. The van der Waals surface area contributed by atoms with Gasteiger partial charge >= 0.3 is 0 Å². The minimum Gasteiger partial charge on any atom is -0.384 e. The molecule has 0 amide bonds. The van der Waals surface area contributed by atoms with Gasteiger partial charge in [-0.15, -0.1) is 0 Å². The third-order valence-corrected chi connectivity index (χ3v) is 3.77. The van der Waals surface area contributed by atoms with Crippen LogP contribution in [0.1, 0.15) is 11.1 Å². The highest BCUT2D eigenvalue weighted by Gasteiger charge is 2.18. The zero-order chi connectivity index (χ0) is 14.9. The van der Waals surface area contributed by atoms with E-state index < -0.39 is 4.92 Å². The molecular weight excluding hydrogens is 328 g/mol. The van der Waals surface area contributed by atoms with Gasteiger partial charge < -0.3 is 10.3 Å². The topological polar surface area (TPSA) is 104 Å². The molecule has 2 aromatic heterocycles. The fourth-order valence-electron chi connectivity index (χ4n) is 1.73. The molecule has 2 N–H and O–H groups in total. The molecule has 0 saturated carbocycles. The first-order valence-electron chi connectivity index (χ1n) is 5.64. The number of rotatable bonds is 3. The van der Waals surface area contributed by atoms with Crippen LogP contribution in [-0.2, 0) is 6.54 Å². The van der Waals surface area contributed by atoms with Gasteiger partial charge in [0, 0.05) is 11.8 Å². The average Bonchev–Trinajstić information content (AvgIpc) is 2.41. The lowest BCUT2D eigenvalue weighted by molar-refractivity contribution is -0.386. The largest absolute Gasteiger partial charge is 0.384 e. The predicted molar refractivity (Wildman–Crippen MR) is 77.5 cm³/mol. The SMILES string of the molecule is Cc1c([N+](=O)[O-])cn(Cc2ccc(N)nc2)c(=O)c1Br. The molecule has 2 rings (SSSR count). The van der Waals surface area contributed by atoms with E-state index in [2.05, 4.69) is 20.9 Å².